The zero-order valence-corrected chi connectivity index (χ0v) is 20.1. The first-order chi connectivity index (χ1) is 17.6. The fourth-order valence-corrected chi connectivity index (χ4v) is 4.14. The van der Waals surface area contributed by atoms with Gasteiger partial charge in [0.05, 0.1) is 24.4 Å². The lowest BCUT2D eigenvalue weighted by Crippen LogP contribution is -2.25. The summed E-state index contributed by atoms with van der Waals surface area (Å²) >= 11 is 0. The summed E-state index contributed by atoms with van der Waals surface area (Å²) in [6, 6.07) is 7.57. The molecule has 1 fully saturated rings. The lowest BCUT2D eigenvalue weighted by atomic mass is 10.1. The van der Waals surface area contributed by atoms with Crippen molar-refractivity contribution in [3.05, 3.63) is 47.7 Å². The highest BCUT2D eigenvalue weighted by Gasteiger charge is 2.32. The minimum absolute atomic E-state index is 0.0856. The number of aromatic nitrogens is 7. The summed E-state index contributed by atoms with van der Waals surface area (Å²) in [5.41, 5.74) is 3.06. The highest BCUT2D eigenvalue weighted by atomic mass is 16.5. The van der Waals surface area contributed by atoms with Gasteiger partial charge in [-0.25, -0.2) is 0 Å². The number of hydrogen-bond acceptors (Lipinski definition) is 11. The van der Waals surface area contributed by atoms with Crippen LogP contribution >= 0.6 is 0 Å². The molecule has 0 spiro atoms. The van der Waals surface area contributed by atoms with E-state index in [9.17, 15) is 0 Å². The Morgan fingerprint density at radius 3 is 2.89 bits per heavy atom. The summed E-state index contributed by atoms with van der Waals surface area (Å²) in [5, 5.41) is 23.4. The van der Waals surface area contributed by atoms with Gasteiger partial charge in [-0.3, -0.25) is 15.1 Å². The lowest BCUT2D eigenvalue weighted by molar-refractivity contribution is 0.300. The Kier molecular flexibility index (Phi) is 6.70. The Hall–Kier alpha value is -4.53. The first kappa shape index (κ1) is 23.2. The van der Waals surface area contributed by atoms with Crippen LogP contribution in [0.2, 0.25) is 0 Å². The number of hydrogen-bond donors (Lipinski definition) is 2. The molecule has 1 aliphatic rings. The van der Waals surface area contributed by atoms with E-state index in [0.29, 0.717) is 60.1 Å². The van der Waals surface area contributed by atoms with Gasteiger partial charge in [0.15, 0.2) is 11.6 Å². The van der Waals surface area contributed by atoms with Crippen molar-refractivity contribution in [1.82, 2.24) is 35.3 Å². The number of anilines is 3. The van der Waals surface area contributed by atoms with Gasteiger partial charge in [-0.2, -0.15) is 20.3 Å². The van der Waals surface area contributed by atoms with Crippen LogP contribution in [-0.2, 0) is 0 Å². The van der Waals surface area contributed by atoms with E-state index < -0.39 is 0 Å². The third-order valence-electron chi connectivity index (χ3n) is 5.83. The Labute approximate surface area is 207 Å². The summed E-state index contributed by atoms with van der Waals surface area (Å²) in [6.45, 7) is 4.96. The molecule has 0 bridgehead atoms. The molecule has 12 nitrogen and oxygen atoms in total. The fraction of sp³-hybridized carbons (Fsp3) is 0.375. The molecular weight excluding hydrogens is 460 g/mol. The smallest absolute Gasteiger partial charge is 0.231 e. The van der Waals surface area contributed by atoms with Gasteiger partial charge in [-0.1, -0.05) is 5.16 Å². The summed E-state index contributed by atoms with van der Waals surface area (Å²) in [4.78, 5) is 20.2. The molecule has 0 amide bonds. The lowest BCUT2D eigenvalue weighted by Gasteiger charge is -2.23. The minimum Gasteiger partial charge on any atom is -0.477 e. The Morgan fingerprint density at radius 2 is 2.08 bits per heavy atom. The number of rotatable bonds is 9. The van der Waals surface area contributed by atoms with Crippen LogP contribution in [-0.4, -0.2) is 48.4 Å². The maximum atomic E-state index is 8.81. The number of nitrogens with one attached hydrogen (secondary N) is 2. The molecule has 0 radical (unpaired) electrons. The molecule has 4 aromatic rings. The molecule has 5 rings (SSSR count). The molecule has 0 saturated carbocycles. The molecule has 1 atom stereocenters. The monoisotopic (exact) mass is 486 g/mol. The van der Waals surface area contributed by atoms with E-state index in [1.165, 1.54) is 0 Å². The third-order valence-corrected chi connectivity index (χ3v) is 5.83. The van der Waals surface area contributed by atoms with Crippen LogP contribution in [0.1, 0.15) is 48.9 Å². The number of aromatic amines is 1. The predicted octanol–water partition coefficient (Wildman–Crippen LogP) is 4.03. The molecule has 2 N–H and O–H groups in total. The van der Waals surface area contributed by atoms with E-state index in [1.807, 2.05) is 26.0 Å². The summed E-state index contributed by atoms with van der Waals surface area (Å²) in [5.74, 6) is 2.85. The van der Waals surface area contributed by atoms with Crippen LogP contribution in [0.3, 0.4) is 0 Å². The van der Waals surface area contributed by atoms with Gasteiger partial charge < -0.3 is 19.5 Å². The van der Waals surface area contributed by atoms with Gasteiger partial charge >= 0.3 is 0 Å². The van der Waals surface area contributed by atoms with Crippen molar-refractivity contribution in [2.24, 2.45) is 0 Å². The quantitative estimate of drug-likeness (QED) is 0.329. The molecule has 0 aromatic carbocycles. The number of unbranched alkanes of at least 4 members (excludes halogenated alkanes) is 1. The molecular formula is C24H26N10O2. The van der Waals surface area contributed by atoms with Crippen LogP contribution in [0.15, 0.2) is 35.1 Å². The normalized spacial score (nSPS) is 15.1. The van der Waals surface area contributed by atoms with Gasteiger partial charge in [0.2, 0.25) is 11.8 Å². The van der Waals surface area contributed by atoms with Crippen LogP contribution in [0, 0.1) is 25.2 Å². The van der Waals surface area contributed by atoms with Crippen LogP contribution in [0.5, 0.6) is 5.88 Å². The van der Waals surface area contributed by atoms with Crippen molar-refractivity contribution < 1.29 is 9.26 Å². The van der Waals surface area contributed by atoms with Crippen LogP contribution < -0.4 is 15.0 Å². The zero-order chi connectivity index (χ0) is 24.9. The van der Waals surface area contributed by atoms with Crippen LogP contribution in [0.4, 0.5) is 17.6 Å². The molecule has 1 saturated heterocycles. The number of H-pyrrole nitrogens is 1. The maximum Gasteiger partial charge on any atom is 0.231 e. The van der Waals surface area contributed by atoms with E-state index in [-0.39, 0.29) is 6.04 Å². The second kappa shape index (κ2) is 10.4. The van der Waals surface area contributed by atoms with E-state index in [4.69, 9.17) is 19.5 Å². The number of nitrogens with zero attached hydrogens (tertiary/aromatic N) is 8. The Morgan fingerprint density at radius 1 is 1.19 bits per heavy atom. The first-order valence-electron chi connectivity index (χ1n) is 11.8. The number of aryl methyl sites for hydroxylation is 2. The van der Waals surface area contributed by atoms with Crippen molar-refractivity contribution in [3.8, 4) is 23.3 Å². The fourth-order valence-electron chi connectivity index (χ4n) is 4.14. The average Bonchev–Trinajstić information content (AvgIpc) is 3.63. The van der Waals surface area contributed by atoms with Crippen molar-refractivity contribution >= 4 is 17.6 Å². The van der Waals surface area contributed by atoms with Gasteiger partial charge in [0.25, 0.3) is 0 Å². The number of ether oxygens (including phenoxy) is 1. The minimum atomic E-state index is -0.0856. The van der Waals surface area contributed by atoms with E-state index in [2.05, 4.69) is 46.6 Å². The van der Waals surface area contributed by atoms with Gasteiger partial charge in [0, 0.05) is 49.3 Å². The molecule has 1 aliphatic heterocycles. The highest BCUT2D eigenvalue weighted by molar-refractivity contribution is 5.58. The summed E-state index contributed by atoms with van der Waals surface area (Å²) in [6.07, 6.45) is 6.15. The standard InChI is InChI=1S/C24H26N10O2/c1-15-12-21(32-31-15)28-20-14-22(35-11-4-3-7-25)30-24(29-20)34-10-5-6-18(34)19-13-17(33-36-19)23-16(2)26-8-9-27-23/h8-9,12-14,18H,3-6,10-11H2,1-2H3,(H2,28,29,30,31,32). The molecule has 36 heavy (non-hydrogen) atoms. The largest absolute Gasteiger partial charge is 0.477 e. The molecule has 1 unspecified atom stereocenters. The second-order valence-corrected chi connectivity index (χ2v) is 8.52. The number of nitriles is 1. The Bertz CT molecular complexity index is 1380. The Balaban J connectivity index is 1.42. The van der Waals surface area contributed by atoms with Crippen LogP contribution in [0.25, 0.3) is 11.4 Å². The zero-order valence-electron chi connectivity index (χ0n) is 20.1. The van der Waals surface area contributed by atoms with Gasteiger partial charge in [-0.15, -0.1) is 0 Å². The third kappa shape index (κ3) is 5.10. The average molecular weight is 487 g/mol. The van der Waals surface area contributed by atoms with E-state index >= 15 is 0 Å². The molecule has 0 aliphatic carbocycles. The molecule has 5 heterocycles. The predicted molar refractivity (Wildman–Crippen MR) is 131 cm³/mol. The topological polar surface area (TPSA) is 155 Å². The van der Waals surface area contributed by atoms with Crippen molar-refractivity contribution in [2.45, 2.75) is 45.6 Å². The highest BCUT2D eigenvalue weighted by Crippen LogP contribution is 2.37. The molecule has 4 aromatic heterocycles. The van der Waals surface area contributed by atoms with Gasteiger partial charge in [0.1, 0.15) is 17.2 Å². The van der Waals surface area contributed by atoms with E-state index in [1.54, 1.807) is 18.5 Å². The van der Waals surface area contributed by atoms with E-state index in [0.717, 1.165) is 30.8 Å². The van der Waals surface area contributed by atoms with Crippen molar-refractivity contribution in [1.29, 1.82) is 5.26 Å². The SMILES string of the molecule is Cc1cc(Nc2cc(OCCCC#N)nc(N3CCCC3c3cc(-c4nccnc4C)no3)n2)n[nH]1. The first-order valence-corrected chi connectivity index (χ1v) is 11.8. The summed E-state index contributed by atoms with van der Waals surface area (Å²) in [7, 11) is 0. The molecule has 184 valence electrons. The maximum absolute atomic E-state index is 8.81. The molecule has 12 heteroatoms. The van der Waals surface area contributed by atoms with Crippen molar-refractivity contribution in [2.75, 3.05) is 23.4 Å². The van der Waals surface area contributed by atoms with Gasteiger partial charge in [-0.05, 0) is 33.1 Å². The summed E-state index contributed by atoms with van der Waals surface area (Å²) < 4.78 is 11.6. The van der Waals surface area contributed by atoms with Crippen molar-refractivity contribution in [3.63, 3.8) is 0 Å². The second-order valence-electron chi connectivity index (χ2n) is 8.52.